The highest BCUT2D eigenvalue weighted by Crippen LogP contribution is 2.14. The molecule has 0 spiro atoms. The molecule has 0 unspecified atom stereocenters. The molecule has 0 saturated heterocycles. The van der Waals surface area contributed by atoms with Crippen molar-refractivity contribution >= 4 is 11.8 Å². The maximum Gasteiger partial charge on any atom is 0.303 e. The molecule has 0 fully saturated rings. The number of allylic oxidation sites excluding steroid dienone is 1. The number of carbonyl (C=O) groups excluding carboxylic acids is 1. The third kappa shape index (κ3) is 19.1. The second kappa shape index (κ2) is 17.7. The maximum absolute atomic E-state index is 11.4. The van der Waals surface area contributed by atoms with E-state index in [-0.39, 0.29) is 5.78 Å². The number of aliphatic carboxylic acids is 1. The lowest BCUT2D eigenvalue weighted by Crippen LogP contribution is -1.97. The predicted molar refractivity (Wildman–Crippen MR) is 106 cm³/mol. The van der Waals surface area contributed by atoms with Gasteiger partial charge in [-0.1, -0.05) is 90.0 Å². The highest BCUT2D eigenvalue weighted by atomic mass is 16.4. The number of rotatable bonds is 19. The molecule has 0 aliphatic rings. The number of unbranched alkanes of at least 4 members (excludes halogenated alkanes) is 14. The van der Waals surface area contributed by atoms with E-state index in [9.17, 15) is 9.59 Å². The number of carboxylic acid groups (broad SMARTS) is 1. The number of hydrogen-bond acceptors (Lipinski definition) is 2. The molecule has 0 radical (unpaired) electrons. The molecule has 0 rings (SSSR count). The van der Waals surface area contributed by atoms with Gasteiger partial charge in [-0.05, 0) is 25.3 Å². The molecule has 1 N–H and O–H groups in total. The first-order valence-electron chi connectivity index (χ1n) is 10.4. The Morgan fingerprint density at radius 1 is 0.600 bits per heavy atom. The first kappa shape index (κ1) is 23.9. The summed E-state index contributed by atoms with van der Waals surface area (Å²) in [6.45, 7) is 5.48. The second-order valence-electron chi connectivity index (χ2n) is 7.40. The van der Waals surface area contributed by atoms with Crippen molar-refractivity contribution in [2.24, 2.45) is 0 Å². The van der Waals surface area contributed by atoms with Crippen molar-refractivity contribution in [2.45, 2.75) is 116 Å². The van der Waals surface area contributed by atoms with E-state index in [1.165, 1.54) is 77.0 Å². The topological polar surface area (TPSA) is 54.4 Å². The quantitative estimate of drug-likeness (QED) is 0.204. The van der Waals surface area contributed by atoms with Crippen LogP contribution in [0.3, 0.4) is 0 Å². The first-order chi connectivity index (χ1) is 12.0. The third-order valence-corrected chi connectivity index (χ3v) is 4.77. The van der Waals surface area contributed by atoms with Crippen molar-refractivity contribution in [2.75, 3.05) is 0 Å². The van der Waals surface area contributed by atoms with Crippen LogP contribution in [0.2, 0.25) is 0 Å². The van der Waals surface area contributed by atoms with E-state index < -0.39 is 5.97 Å². The molecule has 0 atom stereocenters. The molecule has 0 saturated carbocycles. The van der Waals surface area contributed by atoms with Gasteiger partial charge >= 0.3 is 5.97 Å². The van der Waals surface area contributed by atoms with Crippen LogP contribution in [0.1, 0.15) is 116 Å². The fourth-order valence-electron chi connectivity index (χ4n) is 3.07. The van der Waals surface area contributed by atoms with Crippen molar-refractivity contribution in [3.8, 4) is 0 Å². The lowest BCUT2D eigenvalue weighted by molar-refractivity contribution is -0.137. The van der Waals surface area contributed by atoms with E-state index in [2.05, 4.69) is 6.58 Å². The van der Waals surface area contributed by atoms with Gasteiger partial charge in [0.25, 0.3) is 0 Å². The normalized spacial score (nSPS) is 10.8. The van der Waals surface area contributed by atoms with Gasteiger partial charge in [-0.15, -0.1) is 0 Å². The van der Waals surface area contributed by atoms with Crippen LogP contribution in [0.15, 0.2) is 12.2 Å². The van der Waals surface area contributed by atoms with Gasteiger partial charge in [0.2, 0.25) is 0 Å². The minimum atomic E-state index is -0.669. The van der Waals surface area contributed by atoms with E-state index in [0.29, 0.717) is 18.4 Å². The van der Waals surface area contributed by atoms with Crippen LogP contribution in [0, 0.1) is 0 Å². The van der Waals surface area contributed by atoms with Gasteiger partial charge in [-0.25, -0.2) is 0 Å². The van der Waals surface area contributed by atoms with E-state index in [1.54, 1.807) is 6.92 Å². The summed E-state index contributed by atoms with van der Waals surface area (Å²) >= 11 is 0. The molecule has 0 aliphatic carbocycles. The second-order valence-corrected chi connectivity index (χ2v) is 7.40. The molecular weight excluding hydrogens is 312 g/mol. The number of carbonyl (C=O) groups is 2. The van der Waals surface area contributed by atoms with Crippen LogP contribution in [-0.2, 0) is 9.59 Å². The summed E-state index contributed by atoms with van der Waals surface area (Å²) in [4.78, 5) is 21.8. The van der Waals surface area contributed by atoms with Gasteiger partial charge in [-0.3, -0.25) is 9.59 Å². The molecule has 0 amide bonds. The number of ketones is 1. The van der Waals surface area contributed by atoms with Crippen LogP contribution in [0.25, 0.3) is 0 Å². The van der Waals surface area contributed by atoms with E-state index in [1.807, 2.05) is 0 Å². The summed E-state index contributed by atoms with van der Waals surface area (Å²) in [5, 5.41) is 8.55. The van der Waals surface area contributed by atoms with E-state index >= 15 is 0 Å². The zero-order valence-corrected chi connectivity index (χ0v) is 16.5. The number of Topliss-reactive ketones (excluding diaryl/α,β-unsaturated/α-hetero) is 1. The van der Waals surface area contributed by atoms with Crippen LogP contribution < -0.4 is 0 Å². The first-order valence-corrected chi connectivity index (χ1v) is 10.4. The molecule has 25 heavy (non-hydrogen) atoms. The van der Waals surface area contributed by atoms with Gasteiger partial charge in [0.05, 0.1) is 0 Å². The Labute approximate surface area is 155 Å². The van der Waals surface area contributed by atoms with Gasteiger partial charge in [0.1, 0.15) is 0 Å². The molecule has 3 heteroatoms. The fourth-order valence-corrected chi connectivity index (χ4v) is 3.07. The van der Waals surface area contributed by atoms with E-state index in [4.69, 9.17) is 5.11 Å². The van der Waals surface area contributed by atoms with Crippen LogP contribution in [0.4, 0.5) is 0 Å². The summed E-state index contributed by atoms with van der Waals surface area (Å²) < 4.78 is 0. The van der Waals surface area contributed by atoms with Gasteiger partial charge in [-0.2, -0.15) is 0 Å². The lowest BCUT2D eigenvalue weighted by Gasteiger charge is -2.03. The SMILES string of the molecule is C=C(C)C(=O)CCCCCCCCCCCCCCCCCC(=O)O. The molecule has 0 aromatic heterocycles. The monoisotopic (exact) mass is 352 g/mol. The molecule has 0 aromatic rings. The molecular formula is C22H40O3. The van der Waals surface area contributed by atoms with Crippen molar-refractivity contribution in [1.82, 2.24) is 0 Å². The number of hydrogen-bond donors (Lipinski definition) is 1. The van der Waals surface area contributed by atoms with Crippen molar-refractivity contribution in [1.29, 1.82) is 0 Å². The van der Waals surface area contributed by atoms with Crippen molar-refractivity contribution < 1.29 is 14.7 Å². The van der Waals surface area contributed by atoms with Gasteiger partial charge < -0.3 is 5.11 Å². The highest BCUT2D eigenvalue weighted by molar-refractivity contribution is 5.93. The Morgan fingerprint density at radius 2 is 0.880 bits per heavy atom. The highest BCUT2D eigenvalue weighted by Gasteiger charge is 2.01. The van der Waals surface area contributed by atoms with Gasteiger partial charge in [0, 0.05) is 12.8 Å². The van der Waals surface area contributed by atoms with Gasteiger partial charge in [0.15, 0.2) is 5.78 Å². The maximum atomic E-state index is 11.4. The molecule has 0 aliphatic heterocycles. The minimum Gasteiger partial charge on any atom is -0.481 e. The van der Waals surface area contributed by atoms with Crippen molar-refractivity contribution in [3.63, 3.8) is 0 Å². The third-order valence-electron chi connectivity index (χ3n) is 4.77. The standard InChI is InChI=1S/C22H40O3/c1-20(2)21(23)18-16-14-12-10-8-6-4-3-5-7-9-11-13-15-17-19-22(24)25/h1,3-19H2,2H3,(H,24,25). The summed E-state index contributed by atoms with van der Waals surface area (Å²) in [6, 6.07) is 0. The number of carboxylic acids is 1. The van der Waals surface area contributed by atoms with Crippen LogP contribution in [-0.4, -0.2) is 16.9 Å². The average molecular weight is 353 g/mol. The zero-order valence-electron chi connectivity index (χ0n) is 16.5. The smallest absolute Gasteiger partial charge is 0.303 e. The summed E-state index contributed by atoms with van der Waals surface area (Å²) in [6.07, 6.45) is 19.4. The Bertz CT molecular complexity index is 360. The Morgan fingerprint density at radius 3 is 1.16 bits per heavy atom. The van der Waals surface area contributed by atoms with Crippen molar-refractivity contribution in [3.05, 3.63) is 12.2 Å². The molecule has 0 aromatic carbocycles. The summed E-state index contributed by atoms with van der Waals surface area (Å²) in [7, 11) is 0. The molecule has 3 nitrogen and oxygen atoms in total. The molecule has 0 bridgehead atoms. The predicted octanol–water partition coefficient (Wildman–Crippen LogP) is 6.85. The minimum absolute atomic E-state index is 0.222. The zero-order chi connectivity index (χ0) is 18.8. The Kier molecular flexibility index (Phi) is 16.9. The fraction of sp³-hybridized carbons (Fsp3) is 0.818. The average Bonchev–Trinajstić information content (AvgIpc) is 2.57. The van der Waals surface area contributed by atoms with E-state index in [0.717, 1.165) is 19.3 Å². The largest absolute Gasteiger partial charge is 0.481 e. The Balaban J connectivity index is 3.08. The summed E-state index contributed by atoms with van der Waals surface area (Å²) in [5.41, 5.74) is 0.693. The molecule has 146 valence electrons. The molecule has 0 heterocycles. The summed E-state index contributed by atoms with van der Waals surface area (Å²) in [5.74, 6) is -0.446. The lowest BCUT2D eigenvalue weighted by atomic mass is 10.0. The van der Waals surface area contributed by atoms with Crippen LogP contribution >= 0.6 is 0 Å². The Hall–Kier alpha value is -1.12. The van der Waals surface area contributed by atoms with Crippen LogP contribution in [0.5, 0.6) is 0 Å².